The van der Waals surface area contributed by atoms with E-state index >= 15 is 0 Å². The fourth-order valence-electron chi connectivity index (χ4n) is 5.04. The Balaban J connectivity index is 1.20. The number of nitrogens with zero attached hydrogens (tertiary/aromatic N) is 3. The highest BCUT2D eigenvalue weighted by Gasteiger charge is 2.37. The summed E-state index contributed by atoms with van der Waals surface area (Å²) in [5, 5.41) is 5.65. The smallest absolute Gasteiger partial charge is 0.248 e. The van der Waals surface area contributed by atoms with Gasteiger partial charge in [-0.15, -0.1) is 11.3 Å². The van der Waals surface area contributed by atoms with Gasteiger partial charge in [-0.3, -0.25) is 14.4 Å². The van der Waals surface area contributed by atoms with Gasteiger partial charge in [-0.2, -0.15) is 4.72 Å². The topological polar surface area (TPSA) is 129 Å². The van der Waals surface area contributed by atoms with E-state index < -0.39 is 28.0 Å². The van der Waals surface area contributed by atoms with E-state index in [0.717, 1.165) is 16.2 Å². The van der Waals surface area contributed by atoms with Crippen molar-refractivity contribution >= 4 is 89.3 Å². The maximum Gasteiger partial charge on any atom is 0.248 e. The van der Waals surface area contributed by atoms with E-state index in [2.05, 4.69) is 31.0 Å². The Labute approximate surface area is 254 Å². The van der Waals surface area contributed by atoms with Crippen molar-refractivity contribution in [1.82, 2.24) is 19.5 Å². The van der Waals surface area contributed by atoms with Crippen molar-refractivity contribution in [3.05, 3.63) is 61.7 Å². The number of fused-ring (bicyclic) bond motifs is 1. The first-order valence-corrected chi connectivity index (χ1v) is 16.5. The molecule has 2 aromatic heterocycles. The number of carbonyl (C=O) groups excluding carboxylic acids is 3. The van der Waals surface area contributed by atoms with E-state index in [1.54, 1.807) is 18.2 Å². The highest BCUT2D eigenvalue weighted by atomic mass is 79.9. The molecular weight excluding hydrogens is 654 g/mol. The molecule has 0 aliphatic carbocycles. The summed E-state index contributed by atoms with van der Waals surface area (Å²) >= 11 is 10.6. The molecule has 10 nitrogen and oxygen atoms in total. The van der Waals surface area contributed by atoms with Crippen LogP contribution in [0.3, 0.4) is 0 Å². The van der Waals surface area contributed by atoms with Crippen LogP contribution >= 0.6 is 38.9 Å². The summed E-state index contributed by atoms with van der Waals surface area (Å²) in [5.41, 5.74) is 0. The van der Waals surface area contributed by atoms with Crippen LogP contribution in [-0.4, -0.2) is 72.6 Å². The number of nitrogens with one attached hydrogen (secondary N) is 2. The molecule has 2 fully saturated rings. The number of thiophene rings is 1. The molecule has 3 amide bonds. The maximum absolute atomic E-state index is 13.3. The number of anilines is 1. The van der Waals surface area contributed by atoms with Gasteiger partial charge in [0.25, 0.3) is 0 Å². The molecule has 2 saturated heterocycles. The van der Waals surface area contributed by atoms with Gasteiger partial charge in [-0.25, -0.2) is 13.4 Å². The van der Waals surface area contributed by atoms with Crippen molar-refractivity contribution in [2.75, 3.05) is 25.0 Å². The number of halogens is 2. The SMILES string of the molecule is O=C(Nc1cc2ccccc2c(Br)n1)[C@@H]1CCCN1C(=O)CN1CCC[C@H](NS(=O)(=O)/C=C/c2ccc(Cl)s2)C1=O. The summed E-state index contributed by atoms with van der Waals surface area (Å²) in [5.74, 6) is -0.801. The molecule has 2 aliphatic rings. The lowest BCUT2D eigenvalue weighted by Crippen LogP contribution is -2.55. The minimum absolute atomic E-state index is 0.232. The maximum atomic E-state index is 13.3. The van der Waals surface area contributed by atoms with Gasteiger partial charge in [0.15, 0.2) is 0 Å². The number of carbonyl (C=O) groups is 3. The zero-order valence-electron chi connectivity index (χ0n) is 21.8. The molecule has 41 heavy (non-hydrogen) atoms. The van der Waals surface area contributed by atoms with E-state index in [4.69, 9.17) is 11.6 Å². The Bertz CT molecular complexity index is 1630. The van der Waals surface area contributed by atoms with Crippen molar-refractivity contribution in [2.24, 2.45) is 0 Å². The molecule has 2 atom stereocenters. The second-order valence-electron chi connectivity index (χ2n) is 9.82. The predicted octanol–water partition coefficient (Wildman–Crippen LogP) is 4.22. The Kier molecular flexibility index (Phi) is 9.09. The predicted molar refractivity (Wildman–Crippen MR) is 163 cm³/mol. The third-order valence-electron chi connectivity index (χ3n) is 6.99. The second kappa shape index (κ2) is 12.6. The van der Waals surface area contributed by atoms with Crippen LogP contribution in [0.25, 0.3) is 16.8 Å². The molecule has 216 valence electrons. The van der Waals surface area contributed by atoms with Gasteiger partial charge in [0.1, 0.15) is 22.5 Å². The number of aromatic nitrogens is 1. The van der Waals surface area contributed by atoms with Crippen LogP contribution in [0, 0.1) is 0 Å². The standard InChI is InChI=1S/C27H27BrClN5O5S2/c28-25-19-6-2-1-5-17(19)15-23(30-25)31-26(36)21-8-4-13-34(21)24(35)16-33-12-3-7-20(27(33)37)32-41(38,39)14-11-18-9-10-22(29)40-18/h1-2,5-6,9-11,14-15,20-21,32H,3-4,7-8,12-13,16H2,(H,30,31,36)/b14-11+/t20-,21-/m0/s1. The summed E-state index contributed by atoms with van der Waals surface area (Å²) in [6.45, 7) is 0.484. The number of amides is 3. The van der Waals surface area contributed by atoms with E-state index in [1.807, 2.05) is 24.3 Å². The zero-order valence-corrected chi connectivity index (χ0v) is 25.7. The molecule has 2 N–H and O–H groups in total. The third-order valence-corrected chi connectivity index (χ3v) is 9.90. The molecule has 3 aromatic rings. The lowest BCUT2D eigenvalue weighted by Gasteiger charge is -2.33. The van der Waals surface area contributed by atoms with Crippen LogP contribution in [0.1, 0.15) is 30.6 Å². The number of piperidine rings is 1. The fraction of sp³-hybridized carbons (Fsp3) is 0.333. The van der Waals surface area contributed by atoms with E-state index in [-0.39, 0.29) is 18.4 Å². The van der Waals surface area contributed by atoms with Gasteiger partial charge < -0.3 is 15.1 Å². The normalized spacial score (nSPS) is 19.8. The second-order valence-corrected chi connectivity index (χ2v) is 13.9. The number of hydrogen-bond donors (Lipinski definition) is 2. The van der Waals surface area contributed by atoms with Gasteiger partial charge in [0.2, 0.25) is 27.7 Å². The number of hydrogen-bond acceptors (Lipinski definition) is 7. The van der Waals surface area contributed by atoms with Gasteiger partial charge in [0.05, 0.1) is 10.9 Å². The first kappa shape index (κ1) is 29.6. The molecular formula is C27H27BrClN5O5S2. The molecule has 5 rings (SSSR count). The van der Waals surface area contributed by atoms with Crippen LogP contribution in [0.4, 0.5) is 5.82 Å². The zero-order chi connectivity index (χ0) is 29.1. The molecule has 0 unspecified atom stereocenters. The summed E-state index contributed by atoms with van der Waals surface area (Å²) in [6.07, 6.45) is 3.41. The van der Waals surface area contributed by atoms with Crippen LogP contribution in [-0.2, 0) is 24.4 Å². The largest absolute Gasteiger partial charge is 0.332 e. The van der Waals surface area contributed by atoms with E-state index in [1.165, 1.54) is 27.2 Å². The molecule has 0 saturated carbocycles. The molecule has 1 aromatic carbocycles. The molecule has 0 radical (unpaired) electrons. The molecule has 2 aliphatic heterocycles. The van der Waals surface area contributed by atoms with E-state index in [9.17, 15) is 22.8 Å². The molecule has 0 bridgehead atoms. The Hall–Kier alpha value is -2.84. The van der Waals surface area contributed by atoms with Crippen LogP contribution in [0.5, 0.6) is 0 Å². The Morgan fingerprint density at radius 3 is 2.71 bits per heavy atom. The van der Waals surface area contributed by atoms with Crippen LogP contribution in [0.2, 0.25) is 4.34 Å². The summed E-state index contributed by atoms with van der Waals surface area (Å²) in [4.78, 5) is 47.5. The number of pyridine rings is 1. The highest BCUT2D eigenvalue weighted by molar-refractivity contribution is 9.10. The molecule has 14 heteroatoms. The minimum atomic E-state index is -3.91. The van der Waals surface area contributed by atoms with Gasteiger partial charge in [-0.1, -0.05) is 35.9 Å². The van der Waals surface area contributed by atoms with Crippen LogP contribution < -0.4 is 10.0 Å². The Morgan fingerprint density at radius 2 is 1.93 bits per heavy atom. The van der Waals surface area contributed by atoms with Crippen molar-refractivity contribution in [3.63, 3.8) is 0 Å². The van der Waals surface area contributed by atoms with E-state index in [0.29, 0.717) is 58.4 Å². The van der Waals surface area contributed by atoms with Gasteiger partial charge in [0, 0.05) is 28.8 Å². The Morgan fingerprint density at radius 1 is 1.15 bits per heavy atom. The third kappa shape index (κ3) is 7.15. The monoisotopic (exact) mass is 679 g/mol. The van der Waals surface area contributed by atoms with Crippen LogP contribution in [0.15, 0.2) is 52.5 Å². The quantitative estimate of drug-likeness (QED) is 0.343. The van der Waals surface area contributed by atoms with Crippen molar-refractivity contribution in [2.45, 2.75) is 37.8 Å². The number of sulfonamides is 1. The summed E-state index contributed by atoms with van der Waals surface area (Å²) in [6, 6.07) is 11.1. The van der Waals surface area contributed by atoms with Crippen molar-refractivity contribution < 1.29 is 22.8 Å². The summed E-state index contributed by atoms with van der Waals surface area (Å²) in [7, 11) is -3.91. The number of benzene rings is 1. The average Bonchev–Trinajstić information content (AvgIpc) is 3.59. The van der Waals surface area contributed by atoms with Crippen molar-refractivity contribution in [3.8, 4) is 0 Å². The number of likely N-dealkylation sites (tertiary alicyclic amines) is 2. The van der Waals surface area contributed by atoms with Crippen molar-refractivity contribution in [1.29, 1.82) is 0 Å². The van der Waals surface area contributed by atoms with Gasteiger partial charge in [-0.05, 0) is 71.3 Å². The lowest BCUT2D eigenvalue weighted by molar-refractivity contribution is -0.144. The van der Waals surface area contributed by atoms with Gasteiger partial charge >= 0.3 is 0 Å². The minimum Gasteiger partial charge on any atom is -0.332 e. The fourth-order valence-corrected chi connectivity index (χ4v) is 7.66. The highest BCUT2D eigenvalue weighted by Crippen LogP contribution is 2.26. The lowest BCUT2D eigenvalue weighted by atomic mass is 10.1. The summed E-state index contributed by atoms with van der Waals surface area (Å²) < 4.78 is 28.8. The average molecular weight is 681 g/mol. The first-order chi connectivity index (χ1) is 19.6. The molecule has 4 heterocycles. The number of rotatable bonds is 8. The first-order valence-electron chi connectivity index (χ1n) is 13.0. The molecule has 0 spiro atoms.